The zero-order valence-electron chi connectivity index (χ0n) is 7.55. The molecule has 0 bridgehead atoms. The summed E-state index contributed by atoms with van der Waals surface area (Å²) in [6.45, 7) is 3.62. The van der Waals surface area contributed by atoms with Gasteiger partial charge in [0.25, 0.3) is 0 Å². The Morgan fingerprint density at radius 3 is 3.17 bits per heavy atom. The van der Waals surface area contributed by atoms with Crippen molar-refractivity contribution >= 4 is 5.91 Å². The second kappa shape index (κ2) is 4.15. The van der Waals surface area contributed by atoms with Crippen LogP contribution >= 0.6 is 0 Å². The first kappa shape index (κ1) is 9.12. The van der Waals surface area contributed by atoms with Crippen LogP contribution in [-0.4, -0.2) is 23.9 Å². The first-order valence-electron chi connectivity index (χ1n) is 4.48. The summed E-state index contributed by atoms with van der Waals surface area (Å²) < 4.78 is 0. The quantitative estimate of drug-likeness (QED) is 0.564. The predicted octanol–water partition coefficient (Wildman–Crippen LogP) is 1.27. The molecule has 1 fully saturated rings. The van der Waals surface area contributed by atoms with E-state index in [1.54, 1.807) is 0 Å². The van der Waals surface area contributed by atoms with Gasteiger partial charge in [-0.25, -0.2) is 0 Å². The fourth-order valence-electron chi connectivity index (χ4n) is 1.56. The molecule has 0 aromatic heterocycles. The molecule has 1 heterocycles. The molecule has 0 aromatic carbocycles. The molecule has 0 N–H and O–H groups in total. The van der Waals surface area contributed by atoms with Crippen LogP contribution in [0.15, 0.2) is 0 Å². The van der Waals surface area contributed by atoms with Gasteiger partial charge in [0.05, 0.1) is 0 Å². The molecule has 0 spiro atoms. The smallest absolute Gasteiger partial charge is 0.225 e. The average molecular weight is 165 g/mol. The summed E-state index contributed by atoms with van der Waals surface area (Å²) in [5.74, 6) is 3.04. The Hall–Kier alpha value is -0.970. The van der Waals surface area contributed by atoms with Gasteiger partial charge in [0.2, 0.25) is 5.91 Å². The molecule has 0 aromatic rings. The van der Waals surface area contributed by atoms with E-state index in [1.165, 1.54) is 0 Å². The van der Waals surface area contributed by atoms with Crippen molar-refractivity contribution in [1.29, 1.82) is 0 Å². The van der Waals surface area contributed by atoms with E-state index in [2.05, 4.69) is 5.92 Å². The van der Waals surface area contributed by atoms with Gasteiger partial charge < -0.3 is 4.90 Å². The lowest BCUT2D eigenvalue weighted by Gasteiger charge is -2.29. The maximum atomic E-state index is 11.5. The lowest BCUT2D eigenvalue weighted by Crippen LogP contribution is -2.40. The summed E-state index contributed by atoms with van der Waals surface area (Å²) in [7, 11) is 0. The van der Waals surface area contributed by atoms with Gasteiger partial charge in [0, 0.05) is 25.4 Å². The molecule has 1 aliphatic heterocycles. The van der Waals surface area contributed by atoms with Crippen molar-refractivity contribution in [2.45, 2.75) is 26.2 Å². The van der Waals surface area contributed by atoms with Gasteiger partial charge in [-0.1, -0.05) is 6.92 Å². The molecular formula is C10H15NO. The summed E-state index contributed by atoms with van der Waals surface area (Å²) in [6.07, 6.45) is 7.97. The summed E-state index contributed by atoms with van der Waals surface area (Å²) >= 11 is 0. The summed E-state index contributed by atoms with van der Waals surface area (Å²) in [5, 5.41) is 0. The lowest BCUT2D eigenvalue weighted by atomic mass is 9.99. The number of nitrogens with zero attached hydrogens (tertiary/aromatic N) is 1. The third kappa shape index (κ3) is 2.01. The minimum absolute atomic E-state index is 0.205. The van der Waals surface area contributed by atoms with Gasteiger partial charge in [-0.05, 0) is 12.8 Å². The molecular weight excluding hydrogens is 150 g/mol. The van der Waals surface area contributed by atoms with Crippen molar-refractivity contribution in [2.24, 2.45) is 5.92 Å². The number of rotatable bonds is 2. The topological polar surface area (TPSA) is 20.3 Å². The third-order valence-corrected chi connectivity index (χ3v) is 2.32. The predicted molar refractivity (Wildman–Crippen MR) is 48.4 cm³/mol. The van der Waals surface area contributed by atoms with E-state index in [9.17, 15) is 4.79 Å². The van der Waals surface area contributed by atoms with Gasteiger partial charge in [0.15, 0.2) is 0 Å². The van der Waals surface area contributed by atoms with Crippen molar-refractivity contribution < 1.29 is 4.79 Å². The minimum Gasteiger partial charge on any atom is -0.342 e. The average Bonchev–Trinajstić information content (AvgIpc) is 2.08. The molecule has 66 valence electrons. The van der Waals surface area contributed by atoms with Crippen molar-refractivity contribution in [3.8, 4) is 12.3 Å². The van der Waals surface area contributed by atoms with E-state index in [1.807, 2.05) is 11.8 Å². The number of carbonyl (C=O) groups is 1. The van der Waals surface area contributed by atoms with E-state index < -0.39 is 0 Å². The number of hydrogen-bond donors (Lipinski definition) is 0. The van der Waals surface area contributed by atoms with Crippen LogP contribution in [0.1, 0.15) is 26.2 Å². The Labute approximate surface area is 73.9 Å². The van der Waals surface area contributed by atoms with Crippen molar-refractivity contribution in [2.75, 3.05) is 13.1 Å². The molecule has 2 nitrogen and oxygen atoms in total. The number of hydrogen-bond acceptors (Lipinski definition) is 1. The highest BCUT2D eigenvalue weighted by Crippen LogP contribution is 2.16. The first-order chi connectivity index (χ1) is 5.75. The largest absolute Gasteiger partial charge is 0.342 e. The van der Waals surface area contributed by atoms with E-state index >= 15 is 0 Å². The minimum atomic E-state index is 0.205. The second-order valence-electron chi connectivity index (χ2n) is 3.32. The van der Waals surface area contributed by atoms with E-state index in [0.29, 0.717) is 6.42 Å². The Morgan fingerprint density at radius 2 is 2.50 bits per heavy atom. The Bertz CT molecular complexity index is 204. The zero-order valence-corrected chi connectivity index (χ0v) is 7.55. The number of piperidine rings is 1. The Balaban J connectivity index is 2.42. The highest BCUT2D eigenvalue weighted by molar-refractivity contribution is 5.79. The summed E-state index contributed by atoms with van der Waals surface area (Å²) in [6, 6.07) is 0. The third-order valence-electron chi connectivity index (χ3n) is 2.32. The highest BCUT2D eigenvalue weighted by Gasteiger charge is 2.23. The van der Waals surface area contributed by atoms with Crippen LogP contribution < -0.4 is 0 Å². The van der Waals surface area contributed by atoms with Crippen LogP contribution in [0.3, 0.4) is 0 Å². The highest BCUT2D eigenvalue weighted by atomic mass is 16.2. The molecule has 1 aliphatic rings. The number of terminal acetylenes is 1. The van der Waals surface area contributed by atoms with E-state index in [-0.39, 0.29) is 11.8 Å². The zero-order chi connectivity index (χ0) is 8.97. The van der Waals surface area contributed by atoms with Crippen molar-refractivity contribution in [3.63, 3.8) is 0 Å². The van der Waals surface area contributed by atoms with E-state index in [4.69, 9.17) is 6.42 Å². The normalized spacial score (nSPS) is 23.8. The summed E-state index contributed by atoms with van der Waals surface area (Å²) in [4.78, 5) is 13.4. The lowest BCUT2D eigenvalue weighted by molar-refractivity contribution is -0.137. The maximum Gasteiger partial charge on any atom is 0.225 e. The molecule has 1 atom stereocenters. The fraction of sp³-hybridized carbons (Fsp3) is 0.700. The number of likely N-dealkylation sites (tertiary alicyclic amines) is 1. The Morgan fingerprint density at radius 1 is 1.75 bits per heavy atom. The molecule has 2 heteroatoms. The molecule has 0 aliphatic carbocycles. The van der Waals surface area contributed by atoms with Crippen LogP contribution in [0.25, 0.3) is 0 Å². The van der Waals surface area contributed by atoms with Crippen LogP contribution in [0.4, 0.5) is 0 Å². The van der Waals surface area contributed by atoms with Crippen LogP contribution in [0, 0.1) is 18.3 Å². The maximum absolute atomic E-state index is 11.5. The molecule has 1 amide bonds. The van der Waals surface area contributed by atoms with Crippen LogP contribution in [-0.2, 0) is 4.79 Å². The fourth-order valence-corrected chi connectivity index (χ4v) is 1.56. The molecule has 0 radical (unpaired) electrons. The first-order valence-corrected chi connectivity index (χ1v) is 4.48. The molecule has 1 rings (SSSR count). The van der Waals surface area contributed by atoms with Gasteiger partial charge in [-0.3, -0.25) is 4.79 Å². The number of amides is 1. The van der Waals surface area contributed by atoms with Crippen LogP contribution in [0.2, 0.25) is 0 Å². The van der Waals surface area contributed by atoms with E-state index in [0.717, 1.165) is 25.9 Å². The van der Waals surface area contributed by atoms with Gasteiger partial charge in [-0.15, -0.1) is 12.3 Å². The second-order valence-corrected chi connectivity index (χ2v) is 3.32. The molecule has 12 heavy (non-hydrogen) atoms. The molecule has 1 saturated heterocycles. The van der Waals surface area contributed by atoms with Gasteiger partial charge >= 0.3 is 0 Å². The van der Waals surface area contributed by atoms with Gasteiger partial charge in [0.1, 0.15) is 0 Å². The molecule has 1 unspecified atom stereocenters. The van der Waals surface area contributed by atoms with Gasteiger partial charge in [-0.2, -0.15) is 0 Å². The SMILES string of the molecule is C#CCCN1CCCC(C)C1=O. The number of carbonyl (C=O) groups excluding carboxylic acids is 1. The standard InChI is InChI=1S/C10H15NO/c1-3-4-7-11-8-5-6-9(2)10(11)12/h1,9H,4-8H2,2H3. The Kier molecular flexibility index (Phi) is 3.16. The monoisotopic (exact) mass is 165 g/mol. The van der Waals surface area contributed by atoms with Crippen LogP contribution in [0.5, 0.6) is 0 Å². The van der Waals surface area contributed by atoms with Crippen molar-refractivity contribution in [3.05, 3.63) is 0 Å². The summed E-state index contributed by atoms with van der Waals surface area (Å²) in [5.41, 5.74) is 0. The van der Waals surface area contributed by atoms with Crippen molar-refractivity contribution in [1.82, 2.24) is 4.90 Å². The molecule has 0 saturated carbocycles.